The van der Waals surface area contributed by atoms with Gasteiger partial charge >= 0.3 is 11.9 Å². The zero-order chi connectivity index (χ0) is 51.4. The van der Waals surface area contributed by atoms with Crippen LogP contribution in [0, 0.1) is 11.8 Å². The standard InChI is InChI=1S/C62H71N3O8/c1-39-37-63(30-31-65(39)54(67)24-25-55(68)71-32-33-72-59(69)40(2)66)46-21-18-44(19-22-46)62(43-16-10-9-11-17-43)28-26-48-57-56(47-23-20-45(60(3,4)5)34-51(47)61(57,6)7)49-35-52(53(70-8)36-50(49)58(48)73-62)64-29-27-41-14-12-13-15-42(41)38-64/h9-11,16-23,26,28,34-36,39,41-42H,12-15,24-25,27,29-33,37-38H2,1-8H3. The van der Waals surface area contributed by atoms with Gasteiger partial charge in [-0.1, -0.05) is 121 Å². The molecule has 11 heteroatoms. The van der Waals surface area contributed by atoms with Crippen molar-refractivity contribution >= 4 is 51.9 Å². The minimum Gasteiger partial charge on any atom is -0.495 e. The SMILES string of the molecule is COc1cc2c3c(c4c(c2cc1N1CCC2CCCCC2C1)-c1ccc(C(C)(C)C)cc1C4(C)C)C=CC(c1ccccc1)(c1ccc(N2CCN(C(=O)CCC(=O)OCCOC(=O)C(C)=O)C(C)C2)cc1)O3. The molecule has 3 heterocycles. The van der Waals surface area contributed by atoms with Crippen LogP contribution in [-0.2, 0) is 45.1 Å². The summed E-state index contributed by atoms with van der Waals surface area (Å²) in [7, 11) is 1.81. The highest BCUT2D eigenvalue weighted by atomic mass is 16.6. The van der Waals surface area contributed by atoms with Crippen molar-refractivity contribution in [3.63, 3.8) is 0 Å². The number of carbonyl (C=O) groups excluding carboxylic acids is 4. The van der Waals surface area contributed by atoms with E-state index in [2.05, 4.69) is 141 Å². The highest BCUT2D eigenvalue weighted by Crippen LogP contribution is 2.60. The van der Waals surface area contributed by atoms with Gasteiger partial charge in [0.15, 0.2) is 5.60 Å². The first-order valence-electron chi connectivity index (χ1n) is 26.5. The van der Waals surface area contributed by atoms with E-state index in [1.165, 1.54) is 71.0 Å². The number of fused-ring (bicyclic) bond motifs is 9. The molecule has 11 nitrogen and oxygen atoms in total. The lowest BCUT2D eigenvalue weighted by molar-refractivity contribution is -0.157. The monoisotopic (exact) mass is 986 g/mol. The first kappa shape index (κ1) is 49.9. The molecule has 1 saturated carbocycles. The van der Waals surface area contributed by atoms with E-state index in [9.17, 15) is 19.2 Å². The summed E-state index contributed by atoms with van der Waals surface area (Å²) in [5.41, 5.74) is 10.6. The molecule has 5 aliphatic rings. The fraction of sp³-hybridized carbons (Fsp3) is 0.452. The van der Waals surface area contributed by atoms with Gasteiger partial charge in [0.2, 0.25) is 11.7 Å². The minimum atomic E-state index is -0.977. The Kier molecular flexibility index (Phi) is 13.5. The number of piperazine rings is 1. The second kappa shape index (κ2) is 19.7. The molecule has 0 spiro atoms. The molecule has 10 rings (SSSR count). The number of anilines is 2. The van der Waals surface area contributed by atoms with Crippen LogP contribution in [0.3, 0.4) is 0 Å². The van der Waals surface area contributed by atoms with Crippen LogP contribution >= 0.6 is 0 Å². The van der Waals surface area contributed by atoms with Gasteiger partial charge in [-0.15, -0.1) is 0 Å². The number of benzene rings is 5. The average Bonchev–Trinajstić information content (AvgIpc) is 3.64. The lowest BCUT2D eigenvalue weighted by Crippen LogP contribution is -2.54. The van der Waals surface area contributed by atoms with Crippen molar-refractivity contribution in [3.8, 4) is 22.6 Å². The van der Waals surface area contributed by atoms with E-state index in [0.29, 0.717) is 25.6 Å². The number of ketones is 1. The molecule has 2 aliphatic carbocycles. The Balaban J connectivity index is 0.972. The Bertz CT molecular complexity index is 2990. The van der Waals surface area contributed by atoms with E-state index in [1.54, 1.807) is 0 Å². The number of amides is 1. The maximum atomic E-state index is 13.3. The molecule has 4 unspecified atom stereocenters. The quantitative estimate of drug-likeness (QED) is 0.0680. The van der Waals surface area contributed by atoms with Gasteiger partial charge in [-0.3, -0.25) is 14.4 Å². The molecule has 4 atom stereocenters. The van der Waals surface area contributed by atoms with Gasteiger partial charge < -0.3 is 33.6 Å². The summed E-state index contributed by atoms with van der Waals surface area (Å²) in [5.74, 6) is 0.873. The number of nitrogens with zero attached hydrogens (tertiary/aromatic N) is 3. The molecule has 0 N–H and O–H groups in total. The topological polar surface area (TPSA) is 115 Å². The van der Waals surface area contributed by atoms with Gasteiger partial charge in [-0.25, -0.2) is 4.79 Å². The van der Waals surface area contributed by atoms with Crippen LogP contribution in [0.15, 0.2) is 91.0 Å². The van der Waals surface area contributed by atoms with Gasteiger partial charge in [0.1, 0.15) is 24.7 Å². The summed E-state index contributed by atoms with van der Waals surface area (Å²) in [5, 5.41) is 2.23. The molecule has 3 aliphatic heterocycles. The minimum absolute atomic E-state index is 0.00572. The molecular weight excluding hydrogens is 915 g/mol. The molecule has 0 radical (unpaired) electrons. The number of hydrogen-bond donors (Lipinski definition) is 0. The van der Waals surface area contributed by atoms with Gasteiger partial charge in [0.05, 0.1) is 19.2 Å². The fourth-order valence-corrected chi connectivity index (χ4v) is 12.7. The highest BCUT2D eigenvalue weighted by molar-refractivity contribution is 6.32. The van der Waals surface area contributed by atoms with Gasteiger partial charge in [-0.2, -0.15) is 0 Å². The van der Waals surface area contributed by atoms with Crippen LogP contribution < -0.4 is 19.3 Å². The molecule has 5 aromatic carbocycles. The van der Waals surface area contributed by atoms with Crippen molar-refractivity contribution in [1.82, 2.24) is 4.90 Å². The first-order chi connectivity index (χ1) is 35.0. The number of ether oxygens (including phenoxy) is 4. The summed E-state index contributed by atoms with van der Waals surface area (Å²) in [6, 6.07) is 31.0. The van der Waals surface area contributed by atoms with E-state index < -0.39 is 23.3 Å². The molecule has 382 valence electrons. The third-order valence-corrected chi connectivity index (χ3v) is 16.7. The van der Waals surface area contributed by atoms with Crippen molar-refractivity contribution in [2.75, 3.05) is 62.8 Å². The Hall–Kier alpha value is -6.62. The second-order valence-corrected chi connectivity index (χ2v) is 22.6. The van der Waals surface area contributed by atoms with Gasteiger partial charge in [0, 0.05) is 85.3 Å². The number of carbonyl (C=O) groups is 4. The number of piperidine rings is 1. The number of rotatable bonds is 12. The predicted octanol–water partition coefficient (Wildman–Crippen LogP) is 11.3. The molecule has 3 fully saturated rings. The smallest absolute Gasteiger partial charge is 0.374 e. The van der Waals surface area contributed by atoms with Crippen molar-refractivity contribution in [2.45, 2.75) is 116 Å². The largest absolute Gasteiger partial charge is 0.495 e. The summed E-state index contributed by atoms with van der Waals surface area (Å²) >= 11 is 0. The normalized spacial score (nSPS) is 21.9. The molecule has 0 aromatic heterocycles. The highest BCUT2D eigenvalue weighted by Gasteiger charge is 2.45. The molecule has 2 saturated heterocycles. The molecule has 1 amide bonds. The van der Waals surface area contributed by atoms with Crippen molar-refractivity contribution < 1.29 is 38.1 Å². The molecular formula is C62H71N3O8. The number of Topliss-reactive ketones (excluding diaryl/α,β-unsaturated/α-hetero) is 1. The zero-order valence-corrected chi connectivity index (χ0v) is 44.0. The van der Waals surface area contributed by atoms with Crippen molar-refractivity contribution in [2.24, 2.45) is 11.8 Å². The van der Waals surface area contributed by atoms with E-state index in [0.717, 1.165) is 65.2 Å². The zero-order valence-electron chi connectivity index (χ0n) is 44.0. The summed E-state index contributed by atoms with van der Waals surface area (Å²) in [6.45, 7) is 18.3. The summed E-state index contributed by atoms with van der Waals surface area (Å²) < 4.78 is 24.1. The van der Waals surface area contributed by atoms with Crippen molar-refractivity contribution in [1.29, 1.82) is 0 Å². The summed E-state index contributed by atoms with van der Waals surface area (Å²) in [4.78, 5) is 54.9. The third-order valence-electron chi connectivity index (χ3n) is 16.7. The lowest BCUT2D eigenvalue weighted by atomic mass is 9.75. The van der Waals surface area contributed by atoms with Crippen molar-refractivity contribution in [3.05, 3.63) is 124 Å². The van der Waals surface area contributed by atoms with Crippen LogP contribution in [0.2, 0.25) is 0 Å². The average molecular weight is 986 g/mol. The Morgan fingerprint density at radius 3 is 2.21 bits per heavy atom. The first-order valence-corrected chi connectivity index (χ1v) is 26.5. The molecule has 73 heavy (non-hydrogen) atoms. The Morgan fingerprint density at radius 2 is 1.49 bits per heavy atom. The molecule has 0 bridgehead atoms. The van der Waals surface area contributed by atoms with Crippen LogP contribution in [0.25, 0.3) is 28.0 Å². The Labute approximate surface area is 430 Å². The predicted molar refractivity (Wildman–Crippen MR) is 288 cm³/mol. The second-order valence-electron chi connectivity index (χ2n) is 22.6. The number of methoxy groups -OCH3 is 1. The Morgan fingerprint density at radius 1 is 0.767 bits per heavy atom. The maximum absolute atomic E-state index is 13.3. The van der Waals surface area contributed by atoms with Crippen LogP contribution in [0.1, 0.15) is 127 Å². The van der Waals surface area contributed by atoms with E-state index in [1.807, 2.05) is 18.9 Å². The fourth-order valence-electron chi connectivity index (χ4n) is 12.7. The van der Waals surface area contributed by atoms with E-state index in [4.69, 9.17) is 18.9 Å². The van der Waals surface area contributed by atoms with Gasteiger partial charge in [0.25, 0.3) is 0 Å². The number of hydrogen-bond acceptors (Lipinski definition) is 10. The maximum Gasteiger partial charge on any atom is 0.374 e. The van der Waals surface area contributed by atoms with Crippen LogP contribution in [-0.4, -0.2) is 87.6 Å². The lowest BCUT2D eigenvalue weighted by Gasteiger charge is -2.43. The van der Waals surface area contributed by atoms with E-state index >= 15 is 0 Å². The molecule has 5 aromatic rings. The third kappa shape index (κ3) is 9.26. The van der Waals surface area contributed by atoms with Crippen LogP contribution in [0.4, 0.5) is 11.4 Å². The van der Waals surface area contributed by atoms with Crippen LogP contribution in [0.5, 0.6) is 11.5 Å². The van der Waals surface area contributed by atoms with Gasteiger partial charge in [-0.05, 0) is 101 Å². The number of esters is 2. The van der Waals surface area contributed by atoms with E-state index in [-0.39, 0.29) is 48.8 Å². The summed E-state index contributed by atoms with van der Waals surface area (Å²) in [6.07, 6.45) is 11.1.